The van der Waals surface area contributed by atoms with Gasteiger partial charge in [-0.05, 0) is 42.0 Å². The fraction of sp³-hybridized carbons (Fsp3) is 0.231. The quantitative estimate of drug-likeness (QED) is 0.649. The number of thiophene rings is 1. The van der Waals surface area contributed by atoms with E-state index < -0.39 is 5.82 Å². The lowest BCUT2D eigenvalue weighted by atomic mass is 10.0. The van der Waals surface area contributed by atoms with Crippen molar-refractivity contribution >= 4 is 22.9 Å². The Morgan fingerprint density at radius 1 is 1.39 bits per heavy atom. The van der Waals surface area contributed by atoms with Crippen LogP contribution in [0.1, 0.15) is 22.9 Å². The van der Waals surface area contributed by atoms with E-state index >= 15 is 0 Å². The van der Waals surface area contributed by atoms with Crippen LogP contribution < -0.4 is 11.3 Å². The van der Waals surface area contributed by atoms with Crippen LogP contribution in [0.15, 0.2) is 35.7 Å². The van der Waals surface area contributed by atoms with E-state index in [4.69, 9.17) is 17.4 Å². The second kappa shape index (κ2) is 6.29. The van der Waals surface area contributed by atoms with E-state index in [0.29, 0.717) is 0 Å². The largest absolute Gasteiger partial charge is 0.271 e. The van der Waals surface area contributed by atoms with Crippen LogP contribution in [0.4, 0.5) is 4.39 Å². The lowest BCUT2D eigenvalue weighted by molar-refractivity contribution is 0.516. The Kier molecular flexibility index (Phi) is 4.72. The highest BCUT2D eigenvalue weighted by molar-refractivity contribution is 7.09. The highest BCUT2D eigenvalue weighted by Crippen LogP contribution is 2.24. The zero-order valence-corrected chi connectivity index (χ0v) is 11.3. The van der Waals surface area contributed by atoms with Crippen LogP contribution >= 0.6 is 22.9 Å². The molecule has 2 aromatic rings. The zero-order valence-electron chi connectivity index (χ0n) is 9.70. The Bertz CT molecular complexity index is 502. The molecule has 1 aromatic carbocycles. The summed E-state index contributed by atoms with van der Waals surface area (Å²) in [5.74, 6) is 5.14. The monoisotopic (exact) mass is 284 g/mol. The SMILES string of the molecule is NNC(CCc1cccs1)c1ccc(F)c(Cl)c1. The van der Waals surface area contributed by atoms with Gasteiger partial charge in [-0.15, -0.1) is 11.3 Å². The third kappa shape index (κ3) is 3.29. The number of nitrogens with one attached hydrogen (secondary N) is 1. The first-order valence-electron chi connectivity index (χ1n) is 5.64. The molecular formula is C13H14ClFN2S. The molecule has 18 heavy (non-hydrogen) atoms. The molecule has 5 heteroatoms. The number of rotatable bonds is 5. The lowest BCUT2D eigenvalue weighted by Crippen LogP contribution is -2.28. The van der Waals surface area contributed by atoms with Crippen LogP contribution in [-0.2, 0) is 6.42 Å². The first kappa shape index (κ1) is 13.5. The van der Waals surface area contributed by atoms with Gasteiger partial charge in [-0.2, -0.15) is 0 Å². The molecular weight excluding hydrogens is 271 g/mol. The lowest BCUT2D eigenvalue weighted by Gasteiger charge is -2.16. The van der Waals surface area contributed by atoms with Crippen molar-refractivity contribution in [2.45, 2.75) is 18.9 Å². The summed E-state index contributed by atoms with van der Waals surface area (Å²) in [6.45, 7) is 0. The molecule has 0 aliphatic rings. The third-order valence-corrected chi connectivity index (χ3v) is 4.03. The van der Waals surface area contributed by atoms with Crippen LogP contribution in [0.25, 0.3) is 0 Å². The number of hydrogen-bond donors (Lipinski definition) is 2. The van der Waals surface area contributed by atoms with E-state index in [9.17, 15) is 4.39 Å². The Hall–Kier alpha value is -0.940. The van der Waals surface area contributed by atoms with Crippen LogP contribution in [-0.4, -0.2) is 0 Å². The van der Waals surface area contributed by atoms with Crippen molar-refractivity contribution in [1.82, 2.24) is 5.43 Å². The average molecular weight is 285 g/mol. The van der Waals surface area contributed by atoms with Crippen molar-refractivity contribution in [2.24, 2.45) is 5.84 Å². The van der Waals surface area contributed by atoms with Crippen molar-refractivity contribution in [3.8, 4) is 0 Å². The van der Waals surface area contributed by atoms with Crippen LogP contribution in [0.3, 0.4) is 0 Å². The van der Waals surface area contributed by atoms with Crippen molar-refractivity contribution in [3.05, 3.63) is 57.0 Å². The summed E-state index contributed by atoms with van der Waals surface area (Å²) < 4.78 is 13.1. The van der Waals surface area contributed by atoms with Crippen LogP contribution in [0.5, 0.6) is 0 Å². The summed E-state index contributed by atoms with van der Waals surface area (Å²) in [7, 11) is 0. The van der Waals surface area contributed by atoms with Gasteiger partial charge in [0.15, 0.2) is 0 Å². The first-order chi connectivity index (χ1) is 8.70. The number of benzene rings is 1. The molecule has 0 spiro atoms. The summed E-state index contributed by atoms with van der Waals surface area (Å²) in [5.41, 5.74) is 3.65. The predicted molar refractivity (Wildman–Crippen MR) is 74.1 cm³/mol. The summed E-state index contributed by atoms with van der Waals surface area (Å²) in [6.07, 6.45) is 1.78. The van der Waals surface area contributed by atoms with Gasteiger partial charge in [0.1, 0.15) is 5.82 Å². The number of aryl methyl sites for hydroxylation is 1. The van der Waals surface area contributed by atoms with Gasteiger partial charge in [0.05, 0.1) is 5.02 Å². The molecule has 1 heterocycles. The molecule has 1 unspecified atom stereocenters. The molecule has 0 saturated heterocycles. The van der Waals surface area contributed by atoms with Gasteiger partial charge >= 0.3 is 0 Å². The molecule has 0 bridgehead atoms. The van der Waals surface area contributed by atoms with E-state index in [1.807, 2.05) is 6.07 Å². The Morgan fingerprint density at radius 3 is 2.83 bits per heavy atom. The minimum atomic E-state index is -0.408. The third-order valence-electron chi connectivity index (χ3n) is 2.81. The Balaban J connectivity index is 2.05. The minimum Gasteiger partial charge on any atom is -0.271 e. The van der Waals surface area contributed by atoms with E-state index in [2.05, 4.69) is 16.9 Å². The van der Waals surface area contributed by atoms with E-state index in [1.54, 1.807) is 23.5 Å². The van der Waals surface area contributed by atoms with E-state index in [-0.39, 0.29) is 11.1 Å². The summed E-state index contributed by atoms with van der Waals surface area (Å²) in [4.78, 5) is 1.31. The van der Waals surface area contributed by atoms with Crippen molar-refractivity contribution in [2.75, 3.05) is 0 Å². The minimum absolute atomic E-state index is 0.0230. The standard InChI is InChI=1S/C13H14ClFN2S/c14-11-8-9(3-5-12(11)15)13(17-16)6-4-10-2-1-7-18-10/h1-3,5,7-8,13,17H,4,6,16H2. The topological polar surface area (TPSA) is 38.0 Å². The number of hydrogen-bond acceptors (Lipinski definition) is 3. The van der Waals surface area contributed by atoms with Crippen molar-refractivity contribution in [3.63, 3.8) is 0 Å². The molecule has 0 fully saturated rings. The maximum absolute atomic E-state index is 13.1. The Labute approximate surface area is 115 Å². The zero-order chi connectivity index (χ0) is 13.0. The Morgan fingerprint density at radius 2 is 2.22 bits per heavy atom. The first-order valence-corrected chi connectivity index (χ1v) is 6.90. The smallest absolute Gasteiger partial charge is 0.141 e. The molecule has 1 atom stereocenters. The van der Waals surface area contributed by atoms with E-state index in [1.165, 1.54) is 10.9 Å². The maximum atomic E-state index is 13.1. The molecule has 96 valence electrons. The molecule has 0 aliphatic heterocycles. The van der Waals surface area contributed by atoms with Gasteiger partial charge in [-0.25, -0.2) is 4.39 Å². The van der Waals surface area contributed by atoms with Crippen LogP contribution in [0.2, 0.25) is 5.02 Å². The van der Waals surface area contributed by atoms with Gasteiger partial charge < -0.3 is 0 Å². The van der Waals surface area contributed by atoms with Crippen molar-refractivity contribution < 1.29 is 4.39 Å². The number of nitrogens with two attached hydrogens (primary N) is 1. The molecule has 1 aromatic heterocycles. The molecule has 2 nitrogen and oxygen atoms in total. The van der Waals surface area contributed by atoms with Crippen molar-refractivity contribution in [1.29, 1.82) is 0 Å². The number of halogens is 2. The molecule has 0 amide bonds. The summed E-state index contributed by atoms with van der Waals surface area (Å²) in [5, 5.41) is 2.18. The summed E-state index contributed by atoms with van der Waals surface area (Å²) in [6, 6.07) is 8.80. The summed E-state index contributed by atoms with van der Waals surface area (Å²) >= 11 is 7.49. The molecule has 0 saturated carbocycles. The fourth-order valence-electron chi connectivity index (χ4n) is 1.82. The highest BCUT2D eigenvalue weighted by atomic mass is 35.5. The highest BCUT2D eigenvalue weighted by Gasteiger charge is 2.12. The van der Waals surface area contributed by atoms with Gasteiger partial charge in [0.25, 0.3) is 0 Å². The van der Waals surface area contributed by atoms with Gasteiger partial charge in [0.2, 0.25) is 0 Å². The normalized spacial score (nSPS) is 12.6. The van der Waals surface area contributed by atoms with E-state index in [0.717, 1.165) is 18.4 Å². The molecule has 0 radical (unpaired) electrons. The molecule has 0 aliphatic carbocycles. The second-order valence-corrected chi connectivity index (χ2v) is 5.45. The average Bonchev–Trinajstić information content (AvgIpc) is 2.87. The van der Waals surface area contributed by atoms with Gasteiger partial charge in [-0.1, -0.05) is 23.7 Å². The predicted octanol–water partition coefficient (Wildman–Crippen LogP) is 3.68. The van der Waals surface area contributed by atoms with Gasteiger partial charge in [-0.3, -0.25) is 11.3 Å². The second-order valence-electron chi connectivity index (χ2n) is 4.01. The maximum Gasteiger partial charge on any atom is 0.141 e. The van der Waals surface area contributed by atoms with Crippen LogP contribution in [0, 0.1) is 5.82 Å². The molecule has 3 N–H and O–H groups in total. The van der Waals surface area contributed by atoms with Gasteiger partial charge in [0, 0.05) is 10.9 Å². The molecule has 2 rings (SSSR count). The fourth-order valence-corrected chi connectivity index (χ4v) is 2.73. The number of hydrazine groups is 1.